The fraction of sp³-hybridized carbons (Fsp3) is 0.364. The van der Waals surface area contributed by atoms with E-state index in [1.807, 2.05) is 0 Å². The van der Waals surface area contributed by atoms with Crippen LogP contribution in [0.2, 0.25) is 0 Å². The van der Waals surface area contributed by atoms with E-state index in [2.05, 4.69) is 10.0 Å². The minimum Gasteiger partial charge on any atom is -0.481 e. The molecule has 0 spiro atoms. The second-order valence-electron chi connectivity index (χ2n) is 7.62. The summed E-state index contributed by atoms with van der Waals surface area (Å²) in [6.45, 7) is 1.67. The number of hydrogen-bond acceptors (Lipinski definition) is 5. The molecule has 0 heterocycles. The van der Waals surface area contributed by atoms with Gasteiger partial charge in [-0.05, 0) is 68.3 Å². The van der Waals surface area contributed by atoms with Crippen molar-refractivity contribution in [1.82, 2.24) is 5.32 Å². The number of rotatable bonds is 8. The molecule has 1 aliphatic carbocycles. The highest BCUT2D eigenvalue weighted by atomic mass is 32.2. The average Bonchev–Trinajstić information content (AvgIpc) is 2.75. The lowest BCUT2D eigenvalue weighted by Crippen LogP contribution is -2.43. The summed E-state index contributed by atoms with van der Waals surface area (Å²) in [6.07, 6.45) is 4.75. The molecule has 4 N–H and O–H groups in total. The Hall–Kier alpha value is -3.07. The van der Waals surface area contributed by atoms with Crippen LogP contribution in [0.25, 0.3) is 0 Å². The van der Waals surface area contributed by atoms with Crippen molar-refractivity contribution in [2.75, 3.05) is 4.72 Å². The number of nitrogens with one attached hydrogen (secondary N) is 2. The largest absolute Gasteiger partial charge is 0.481 e. The summed E-state index contributed by atoms with van der Waals surface area (Å²) in [5.41, 5.74) is 5.77. The number of sulfonamides is 1. The molecule has 166 valence electrons. The van der Waals surface area contributed by atoms with Gasteiger partial charge in [-0.3, -0.25) is 14.3 Å². The molecule has 1 aliphatic rings. The van der Waals surface area contributed by atoms with Gasteiger partial charge in [0.25, 0.3) is 15.9 Å². The van der Waals surface area contributed by atoms with Crippen molar-refractivity contribution < 1.29 is 22.7 Å². The summed E-state index contributed by atoms with van der Waals surface area (Å²) < 4.78 is 33.3. The van der Waals surface area contributed by atoms with E-state index in [4.69, 9.17) is 10.5 Å². The molecule has 0 unspecified atom stereocenters. The van der Waals surface area contributed by atoms with Gasteiger partial charge in [0.15, 0.2) is 6.10 Å². The standard InChI is InChI=1S/C22H27N3O5S/c1-15(22(27)24-17-5-3-2-4-6-17)30-19-11-13-20(14-12-19)31(28,29)25-18-9-7-16(8-10-18)21(23)26/h7-15,17,25H,2-6H2,1H3,(H2,23,26)(H,24,27)/t15-/m1/s1. The molecular formula is C22H27N3O5S. The molecule has 2 aromatic rings. The molecule has 9 heteroatoms. The predicted molar refractivity (Wildman–Crippen MR) is 117 cm³/mol. The van der Waals surface area contributed by atoms with Crippen molar-refractivity contribution >= 4 is 27.5 Å². The number of hydrogen-bond donors (Lipinski definition) is 3. The maximum atomic E-state index is 12.6. The highest BCUT2D eigenvalue weighted by Gasteiger charge is 2.21. The number of ether oxygens (including phenoxy) is 1. The molecule has 2 aromatic carbocycles. The van der Waals surface area contributed by atoms with Crippen LogP contribution in [0.1, 0.15) is 49.4 Å². The van der Waals surface area contributed by atoms with Gasteiger partial charge < -0.3 is 15.8 Å². The lowest BCUT2D eigenvalue weighted by Gasteiger charge is -2.24. The normalized spacial score (nSPS) is 15.6. The van der Waals surface area contributed by atoms with E-state index >= 15 is 0 Å². The molecule has 0 bridgehead atoms. The van der Waals surface area contributed by atoms with E-state index in [1.54, 1.807) is 6.92 Å². The average molecular weight is 446 g/mol. The van der Waals surface area contributed by atoms with E-state index in [-0.39, 0.29) is 22.4 Å². The quantitative estimate of drug-likeness (QED) is 0.576. The minimum absolute atomic E-state index is 0.0399. The molecule has 3 rings (SSSR count). The van der Waals surface area contributed by atoms with Crippen LogP contribution < -0.4 is 20.5 Å². The Kier molecular flexibility index (Phi) is 7.17. The van der Waals surface area contributed by atoms with Gasteiger partial charge in [0.1, 0.15) is 5.75 Å². The zero-order valence-electron chi connectivity index (χ0n) is 17.3. The lowest BCUT2D eigenvalue weighted by molar-refractivity contribution is -0.128. The maximum Gasteiger partial charge on any atom is 0.261 e. The third-order valence-electron chi connectivity index (χ3n) is 5.19. The van der Waals surface area contributed by atoms with Crippen LogP contribution in [0.15, 0.2) is 53.4 Å². The van der Waals surface area contributed by atoms with Gasteiger partial charge in [-0.1, -0.05) is 19.3 Å². The fourth-order valence-electron chi connectivity index (χ4n) is 3.44. The van der Waals surface area contributed by atoms with Gasteiger partial charge in [0, 0.05) is 17.3 Å². The Morgan fingerprint density at radius 2 is 1.61 bits per heavy atom. The van der Waals surface area contributed by atoms with E-state index in [1.165, 1.54) is 55.0 Å². The lowest BCUT2D eigenvalue weighted by atomic mass is 9.95. The smallest absolute Gasteiger partial charge is 0.261 e. The first-order chi connectivity index (χ1) is 14.7. The minimum atomic E-state index is -3.83. The number of carbonyl (C=O) groups is 2. The van der Waals surface area contributed by atoms with Crippen molar-refractivity contribution in [2.45, 2.75) is 56.1 Å². The first-order valence-corrected chi connectivity index (χ1v) is 11.7. The van der Waals surface area contributed by atoms with Gasteiger partial charge in [-0.25, -0.2) is 8.42 Å². The highest BCUT2D eigenvalue weighted by molar-refractivity contribution is 7.92. The Labute approximate surface area is 182 Å². The van der Waals surface area contributed by atoms with Crippen molar-refractivity contribution in [3.05, 3.63) is 54.1 Å². The monoisotopic (exact) mass is 445 g/mol. The summed E-state index contributed by atoms with van der Waals surface area (Å²) in [5, 5.41) is 3.01. The van der Waals surface area contributed by atoms with Gasteiger partial charge in [-0.15, -0.1) is 0 Å². The van der Waals surface area contributed by atoms with Gasteiger partial charge in [-0.2, -0.15) is 0 Å². The predicted octanol–water partition coefficient (Wildman–Crippen LogP) is 2.80. The molecule has 1 atom stereocenters. The molecular weight excluding hydrogens is 418 g/mol. The molecule has 1 fully saturated rings. The Bertz CT molecular complexity index is 1010. The van der Waals surface area contributed by atoms with Gasteiger partial charge >= 0.3 is 0 Å². The summed E-state index contributed by atoms with van der Waals surface area (Å²) in [5.74, 6) is -0.368. The Balaban J connectivity index is 1.59. The topological polar surface area (TPSA) is 128 Å². The number of nitrogens with two attached hydrogens (primary N) is 1. The molecule has 1 saturated carbocycles. The number of carbonyl (C=O) groups excluding carboxylic acids is 2. The molecule has 2 amide bonds. The number of benzene rings is 2. The number of primary amides is 1. The second-order valence-corrected chi connectivity index (χ2v) is 9.30. The van der Waals surface area contributed by atoms with Crippen LogP contribution in [-0.2, 0) is 14.8 Å². The van der Waals surface area contributed by atoms with Crippen LogP contribution >= 0.6 is 0 Å². The summed E-state index contributed by atoms with van der Waals surface area (Å²) >= 11 is 0. The fourth-order valence-corrected chi connectivity index (χ4v) is 4.50. The first-order valence-electron chi connectivity index (χ1n) is 10.2. The van der Waals surface area contributed by atoms with E-state index in [0.717, 1.165) is 25.7 Å². The molecule has 8 nitrogen and oxygen atoms in total. The number of amides is 2. The van der Waals surface area contributed by atoms with Crippen LogP contribution in [0.5, 0.6) is 5.75 Å². The second kappa shape index (κ2) is 9.82. The van der Waals surface area contributed by atoms with Crippen LogP contribution in [0.4, 0.5) is 5.69 Å². The zero-order chi connectivity index (χ0) is 22.4. The van der Waals surface area contributed by atoms with Crippen LogP contribution in [-0.4, -0.2) is 32.4 Å². The van der Waals surface area contributed by atoms with Crippen molar-refractivity contribution in [1.29, 1.82) is 0 Å². The molecule has 0 aromatic heterocycles. The molecule has 31 heavy (non-hydrogen) atoms. The first kappa shape index (κ1) is 22.6. The molecule has 0 radical (unpaired) electrons. The zero-order valence-corrected chi connectivity index (χ0v) is 18.2. The maximum absolute atomic E-state index is 12.6. The van der Waals surface area contributed by atoms with Gasteiger partial charge in [0.2, 0.25) is 5.91 Å². The Morgan fingerprint density at radius 3 is 2.19 bits per heavy atom. The van der Waals surface area contributed by atoms with E-state index in [0.29, 0.717) is 11.4 Å². The highest BCUT2D eigenvalue weighted by Crippen LogP contribution is 2.21. The SMILES string of the molecule is C[C@@H](Oc1ccc(S(=O)(=O)Nc2ccc(C(N)=O)cc2)cc1)C(=O)NC1CCCCC1. The van der Waals surface area contributed by atoms with E-state index in [9.17, 15) is 18.0 Å². The van der Waals surface area contributed by atoms with Crippen LogP contribution in [0, 0.1) is 0 Å². The third kappa shape index (κ3) is 6.21. The third-order valence-corrected chi connectivity index (χ3v) is 6.59. The summed E-state index contributed by atoms with van der Waals surface area (Å²) in [6, 6.07) is 11.8. The van der Waals surface area contributed by atoms with Gasteiger partial charge in [0.05, 0.1) is 4.90 Å². The molecule has 0 saturated heterocycles. The van der Waals surface area contributed by atoms with Crippen molar-refractivity contribution in [3.8, 4) is 5.75 Å². The Morgan fingerprint density at radius 1 is 1.00 bits per heavy atom. The van der Waals surface area contributed by atoms with Crippen molar-refractivity contribution in [3.63, 3.8) is 0 Å². The summed E-state index contributed by atoms with van der Waals surface area (Å²) in [7, 11) is -3.83. The van der Waals surface area contributed by atoms with E-state index < -0.39 is 22.0 Å². The molecule has 0 aliphatic heterocycles. The summed E-state index contributed by atoms with van der Waals surface area (Å²) in [4.78, 5) is 23.5. The van der Waals surface area contributed by atoms with Crippen LogP contribution in [0.3, 0.4) is 0 Å². The van der Waals surface area contributed by atoms with Crippen molar-refractivity contribution in [2.24, 2.45) is 5.73 Å². The number of anilines is 1.